The van der Waals surface area contributed by atoms with E-state index in [1.54, 1.807) is 17.0 Å². The molecule has 1 aliphatic heterocycles. The highest BCUT2D eigenvalue weighted by molar-refractivity contribution is 5.95. The topological polar surface area (TPSA) is 46.6 Å². The average Bonchev–Trinajstić information content (AvgIpc) is 3.25. The first-order chi connectivity index (χ1) is 11.2. The summed E-state index contributed by atoms with van der Waals surface area (Å²) in [5.74, 6) is 2.76. The third kappa shape index (κ3) is 2.99. The summed E-state index contributed by atoms with van der Waals surface area (Å²) in [6.07, 6.45) is 7.26. The zero-order valence-corrected chi connectivity index (χ0v) is 13.4. The fraction of sp³-hybridized carbons (Fsp3) is 0.579. The molecule has 1 aromatic rings. The van der Waals surface area contributed by atoms with Crippen LogP contribution in [0.5, 0.6) is 5.75 Å². The molecule has 0 aromatic heterocycles. The fourth-order valence-corrected chi connectivity index (χ4v) is 4.63. The number of carbonyl (C=O) groups excluding carboxylic acids is 2. The van der Waals surface area contributed by atoms with E-state index in [9.17, 15) is 9.59 Å². The molecule has 4 nitrogen and oxygen atoms in total. The molecule has 2 aliphatic carbocycles. The Morgan fingerprint density at radius 1 is 1.17 bits per heavy atom. The Kier molecular flexibility index (Phi) is 3.83. The van der Waals surface area contributed by atoms with E-state index < -0.39 is 0 Å². The van der Waals surface area contributed by atoms with E-state index in [0.29, 0.717) is 24.5 Å². The number of esters is 1. The highest BCUT2D eigenvalue weighted by Gasteiger charge is 2.40. The molecule has 0 unspecified atom stereocenters. The molecule has 1 aromatic carbocycles. The molecule has 2 saturated carbocycles. The van der Waals surface area contributed by atoms with Crippen LogP contribution >= 0.6 is 0 Å². The molecule has 3 atom stereocenters. The first-order valence-corrected chi connectivity index (χ1v) is 8.80. The lowest BCUT2D eigenvalue weighted by molar-refractivity contribution is -0.135. The predicted octanol–water partition coefficient (Wildman–Crippen LogP) is 3.55. The number of hydrogen-bond acceptors (Lipinski definition) is 3. The third-order valence-electron chi connectivity index (χ3n) is 5.77. The summed E-state index contributed by atoms with van der Waals surface area (Å²) in [6, 6.07) is 7.31. The molecular weight excluding hydrogens is 290 g/mol. The maximum Gasteiger partial charge on any atom is 0.311 e. The van der Waals surface area contributed by atoms with Gasteiger partial charge >= 0.3 is 5.97 Å². The molecule has 3 fully saturated rings. The van der Waals surface area contributed by atoms with Gasteiger partial charge in [-0.2, -0.15) is 0 Å². The van der Waals surface area contributed by atoms with E-state index in [-0.39, 0.29) is 11.9 Å². The van der Waals surface area contributed by atoms with Crippen molar-refractivity contribution in [3.05, 3.63) is 24.3 Å². The monoisotopic (exact) mass is 313 g/mol. The van der Waals surface area contributed by atoms with Crippen LogP contribution in [0.3, 0.4) is 0 Å². The Hall–Kier alpha value is -1.84. The Bertz CT molecular complexity index is 610. The largest absolute Gasteiger partial charge is 0.427 e. The minimum atomic E-state index is -0.118. The Morgan fingerprint density at radius 2 is 2.00 bits per heavy atom. The van der Waals surface area contributed by atoms with Crippen molar-refractivity contribution in [1.82, 2.24) is 0 Å². The van der Waals surface area contributed by atoms with Gasteiger partial charge in [0.15, 0.2) is 0 Å². The van der Waals surface area contributed by atoms with Crippen molar-refractivity contribution in [2.24, 2.45) is 17.8 Å². The molecule has 1 amide bonds. The predicted molar refractivity (Wildman–Crippen MR) is 87.2 cm³/mol. The minimum Gasteiger partial charge on any atom is -0.427 e. The van der Waals surface area contributed by atoms with Crippen LogP contribution in [0.1, 0.15) is 44.9 Å². The van der Waals surface area contributed by atoms with Crippen molar-refractivity contribution >= 4 is 17.6 Å². The van der Waals surface area contributed by atoms with Crippen molar-refractivity contribution in [3.8, 4) is 5.75 Å². The fourth-order valence-electron chi connectivity index (χ4n) is 4.63. The molecule has 0 N–H and O–H groups in total. The van der Waals surface area contributed by atoms with Crippen LogP contribution < -0.4 is 9.64 Å². The smallest absolute Gasteiger partial charge is 0.311 e. The summed E-state index contributed by atoms with van der Waals surface area (Å²) < 4.78 is 5.49. The average molecular weight is 313 g/mol. The van der Waals surface area contributed by atoms with Crippen molar-refractivity contribution in [1.29, 1.82) is 0 Å². The van der Waals surface area contributed by atoms with Gasteiger partial charge in [0.2, 0.25) is 5.91 Å². The molecule has 1 heterocycles. The standard InChI is InChI=1S/C19H23NO3/c21-18-2-1-9-20(18)16-5-7-17(8-6-16)23-19(22)12-15-11-13-3-4-14(15)10-13/h5-8,13-15H,1-4,9-12H2/t13-,14-,15+/m0/s1. The molecule has 0 spiro atoms. The highest BCUT2D eigenvalue weighted by atomic mass is 16.5. The molecule has 4 rings (SSSR count). The summed E-state index contributed by atoms with van der Waals surface area (Å²) in [4.78, 5) is 25.7. The van der Waals surface area contributed by atoms with E-state index in [1.807, 2.05) is 12.1 Å². The summed E-state index contributed by atoms with van der Waals surface area (Å²) >= 11 is 0. The first-order valence-electron chi connectivity index (χ1n) is 8.80. The van der Waals surface area contributed by atoms with Gasteiger partial charge in [0.1, 0.15) is 5.75 Å². The van der Waals surface area contributed by atoms with E-state index >= 15 is 0 Å². The lowest BCUT2D eigenvalue weighted by Crippen LogP contribution is -2.23. The van der Waals surface area contributed by atoms with Gasteiger partial charge in [-0.1, -0.05) is 6.42 Å². The van der Waals surface area contributed by atoms with Crippen LogP contribution in [0.4, 0.5) is 5.69 Å². The lowest BCUT2D eigenvalue weighted by Gasteiger charge is -2.20. The second-order valence-corrected chi connectivity index (χ2v) is 7.26. The van der Waals surface area contributed by atoms with Crippen molar-refractivity contribution < 1.29 is 14.3 Å². The summed E-state index contributed by atoms with van der Waals surface area (Å²) in [5, 5.41) is 0. The number of fused-ring (bicyclic) bond motifs is 2. The van der Waals surface area contributed by atoms with Gasteiger partial charge in [-0.15, -0.1) is 0 Å². The Labute approximate surface area is 136 Å². The summed E-state index contributed by atoms with van der Waals surface area (Å²) in [7, 11) is 0. The van der Waals surface area contributed by atoms with Crippen molar-refractivity contribution in [2.75, 3.05) is 11.4 Å². The zero-order chi connectivity index (χ0) is 15.8. The third-order valence-corrected chi connectivity index (χ3v) is 5.77. The molecular formula is C19H23NO3. The molecule has 1 saturated heterocycles. The number of rotatable bonds is 4. The highest BCUT2D eigenvalue weighted by Crippen LogP contribution is 2.49. The minimum absolute atomic E-state index is 0.118. The zero-order valence-electron chi connectivity index (χ0n) is 13.4. The van der Waals surface area contributed by atoms with E-state index in [2.05, 4.69) is 0 Å². The van der Waals surface area contributed by atoms with Crippen LogP contribution in [-0.4, -0.2) is 18.4 Å². The van der Waals surface area contributed by atoms with Crippen LogP contribution in [0.2, 0.25) is 0 Å². The van der Waals surface area contributed by atoms with Gasteiger partial charge < -0.3 is 9.64 Å². The van der Waals surface area contributed by atoms with E-state index in [4.69, 9.17) is 4.74 Å². The number of nitrogens with zero attached hydrogens (tertiary/aromatic N) is 1. The number of ether oxygens (including phenoxy) is 1. The van der Waals surface area contributed by atoms with Crippen molar-refractivity contribution in [3.63, 3.8) is 0 Å². The number of hydrogen-bond donors (Lipinski definition) is 0. The maximum atomic E-state index is 12.2. The van der Waals surface area contributed by atoms with Gasteiger partial charge in [-0.05, 0) is 67.7 Å². The molecule has 0 radical (unpaired) electrons. The summed E-state index contributed by atoms with van der Waals surface area (Å²) in [5.41, 5.74) is 0.889. The summed E-state index contributed by atoms with van der Waals surface area (Å²) in [6.45, 7) is 0.780. The molecule has 23 heavy (non-hydrogen) atoms. The van der Waals surface area contributed by atoms with Crippen LogP contribution in [0.15, 0.2) is 24.3 Å². The van der Waals surface area contributed by atoms with E-state index in [1.165, 1.54) is 25.7 Å². The molecule has 4 heteroatoms. The molecule has 2 bridgehead atoms. The van der Waals surface area contributed by atoms with Gasteiger partial charge in [0, 0.05) is 25.1 Å². The molecule has 122 valence electrons. The second-order valence-electron chi connectivity index (χ2n) is 7.26. The van der Waals surface area contributed by atoms with Gasteiger partial charge in [0.25, 0.3) is 0 Å². The van der Waals surface area contributed by atoms with Gasteiger partial charge in [-0.25, -0.2) is 0 Å². The Morgan fingerprint density at radius 3 is 2.61 bits per heavy atom. The number of benzene rings is 1. The number of amides is 1. The lowest BCUT2D eigenvalue weighted by atomic mass is 9.86. The van der Waals surface area contributed by atoms with Gasteiger partial charge in [-0.3, -0.25) is 9.59 Å². The van der Waals surface area contributed by atoms with Crippen molar-refractivity contribution in [2.45, 2.75) is 44.9 Å². The Balaban J connectivity index is 1.33. The normalized spacial score (nSPS) is 29.3. The van der Waals surface area contributed by atoms with E-state index in [0.717, 1.165) is 30.5 Å². The van der Waals surface area contributed by atoms with Crippen LogP contribution in [0, 0.1) is 17.8 Å². The van der Waals surface area contributed by atoms with Crippen LogP contribution in [0.25, 0.3) is 0 Å². The van der Waals surface area contributed by atoms with Gasteiger partial charge in [0.05, 0.1) is 0 Å². The molecule has 3 aliphatic rings. The maximum absolute atomic E-state index is 12.2. The van der Waals surface area contributed by atoms with Crippen LogP contribution in [-0.2, 0) is 9.59 Å². The SMILES string of the molecule is O=C(C[C@H]1C[C@H]2CC[C@H]1C2)Oc1ccc(N2CCCC2=O)cc1. The number of carbonyl (C=O) groups is 2. The quantitative estimate of drug-likeness (QED) is 0.631. The second kappa shape index (κ2) is 5.99. The number of anilines is 1. The first kappa shape index (κ1) is 14.7.